The summed E-state index contributed by atoms with van der Waals surface area (Å²) in [4.78, 5) is 1.80. The molecule has 1 atom stereocenters. The minimum Gasteiger partial charge on any atom is -0.364 e. The lowest BCUT2D eigenvalue weighted by Gasteiger charge is -2.41. The Hall–Kier alpha value is -0.680. The highest BCUT2D eigenvalue weighted by Gasteiger charge is 2.31. The summed E-state index contributed by atoms with van der Waals surface area (Å²) in [6, 6.07) is 2.84. The number of piperazine rings is 1. The predicted molar refractivity (Wildman–Crippen MR) is 77.5 cm³/mol. The molecule has 0 radical (unpaired) electrons. The summed E-state index contributed by atoms with van der Waals surface area (Å²) in [5.74, 6) is -1.03. The van der Waals surface area contributed by atoms with Crippen LogP contribution in [0.1, 0.15) is 20.8 Å². The van der Waals surface area contributed by atoms with Crippen molar-refractivity contribution < 1.29 is 8.78 Å². The van der Waals surface area contributed by atoms with E-state index >= 15 is 0 Å². The van der Waals surface area contributed by atoms with Gasteiger partial charge in [-0.15, -0.1) is 0 Å². The fourth-order valence-corrected chi connectivity index (χ4v) is 2.77. The lowest BCUT2D eigenvalue weighted by Crippen LogP contribution is -2.56. The van der Waals surface area contributed by atoms with Crippen LogP contribution in [0, 0.1) is 17.0 Å². The highest BCUT2D eigenvalue weighted by molar-refractivity contribution is 9.10. The number of anilines is 1. The molecule has 1 fully saturated rings. The number of nitrogens with zero attached hydrogens (tertiary/aromatic N) is 1. The van der Waals surface area contributed by atoms with Crippen LogP contribution < -0.4 is 10.2 Å². The molecule has 0 aliphatic carbocycles. The molecule has 0 spiro atoms. The summed E-state index contributed by atoms with van der Waals surface area (Å²) in [6.45, 7) is 8.34. The van der Waals surface area contributed by atoms with Crippen LogP contribution in [0.2, 0.25) is 0 Å². The van der Waals surface area contributed by atoms with Crippen molar-refractivity contribution in [2.45, 2.75) is 26.8 Å². The van der Waals surface area contributed by atoms with E-state index in [0.717, 1.165) is 6.54 Å². The fraction of sp³-hybridized carbons (Fsp3) is 0.571. The van der Waals surface area contributed by atoms with Gasteiger partial charge in [0.05, 0.1) is 0 Å². The van der Waals surface area contributed by atoms with Gasteiger partial charge in [-0.3, -0.25) is 0 Å². The van der Waals surface area contributed by atoms with Gasteiger partial charge in [-0.1, -0.05) is 36.7 Å². The third-order valence-corrected chi connectivity index (χ3v) is 3.98. The van der Waals surface area contributed by atoms with E-state index in [2.05, 4.69) is 42.0 Å². The zero-order valence-corrected chi connectivity index (χ0v) is 13.0. The molecule has 0 bridgehead atoms. The topological polar surface area (TPSA) is 15.3 Å². The molecule has 2 nitrogen and oxygen atoms in total. The Labute approximate surface area is 121 Å². The Kier molecular flexibility index (Phi) is 4.16. The molecule has 1 unspecified atom stereocenters. The summed E-state index contributed by atoms with van der Waals surface area (Å²) in [5.41, 5.74) is 0.139. The average Bonchev–Trinajstić information content (AvgIpc) is 2.26. The van der Waals surface area contributed by atoms with Gasteiger partial charge in [-0.2, -0.15) is 0 Å². The van der Waals surface area contributed by atoms with Gasteiger partial charge in [-0.25, -0.2) is 8.78 Å². The number of hydrogen-bond acceptors (Lipinski definition) is 2. The second-order valence-corrected chi connectivity index (χ2v) is 6.95. The van der Waals surface area contributed by atoms with Crippen molar-refractivity contribution in [3.63, 3.8) is 0 Å². The summed E-state index contributed by atoms with van der Waals surface area (Å²) in [5, 5.41) is 3.41. The molecule has 1 saturated heterocycles. The lowest BCUT2D eigenvalue weighted by atomic mass is 9.85. The second-order valence-electron chi connectivity index (χ2n) is 6.04. The third kappa shape index (κ3) is 3.26. The van der Waals surface area contributed by atoms with Crippen LogP contribution in [0.3, 0.4) is 0 Å². The van der Waals surface area contributed by atoms with Crippen molar-refractivity contribution in [3.05, 3.63) is 28.2 Å². The normalized spacial score (nSPS) is 20.7. The molecule has 2 rings (SSSR count). The molecule has 1 N–H and O–H groups in total. The van der Waals surface area contributed by atoms with Crippen molar-refractivity contribution in [3.8, 4) is 0 Å². The second kappa shape index (κ2) is 5.37. The van der Waals surface area contributed by atoms with Gasteiger partial charge in [0.1, 0.15) is 5.69 Å². The smallest absolute Gasteiger partial charge is 0.150 e. The van der Waals surface area contributed by atoms with E-state index in [1.807, 2.05) is 0 Å². The molecule has 106 valence electrons. The van der Waals surface area contributed by atoms with E-state index in [-0.39, 0.29) is 17.1 Å². The van der Waals surface area contributed by atoms with Crippen molar-refractivity contribution >= 4 is 21.6 Å². The Bertz CT molecular complexity index is 448. The van der Waals surface area contributed by atoms with Crippen molar-refractivity contribution in [2.24, 2.45) is 5.41 Å². The molecule has 5 heteroatoms. The van der Waals surface area contributed by atoms with E-state index in [1.165, 1.54) is 12.1 Å². The van der Waals surface area contributed by atoms with Crippen molar-refractivity contribution in [1.29, 1.82) is 0 Å². The minimum atomic E-state index is -0.513. The maximum Gasteiger partial charge on any atom is 0.150 e. The zero-order chi connectivity index (χ0) is 14.2. The lowest BCUT2D eigenvalue weighted by molar-refractivity contribution is 0.252. The highest BCUT2D eigenvalue weighted by Crippen LogP contribution is 2.30. The van der Waals surface area contributed by atoms with Gasteiger partial charge in [0, 0.05) is 30.1 Å². The Morgan fingerprint density at radius 1 is 1.26 bits per heavy atom. The van der Waals surface area contributed by atoms with E-state index in [4.69, 9.17) is 0 Å². The van der Waals surface area contributed by atoms with Crippen molar-refractivity contribution in [1.82, 2.24) is 5.32 Å². The summed E-state index contributed by atoms with van der Waals surface area (Å²) < 4.78 is 28.4. The first-order valence-electron chi connectivity index (χ1n) is 6.42. The average molecular weight is 333 g/mol. The number of hydrogen-bond donors (Lipinski definition) is 1. The molecule has 1 aliphatic rings. The first kappa shape index (κ1) is 14.7. The Morgan fingerprint density at radius 3 is 2.37 bits per heavy atom. The standard InChI is InChI=1S/C14H19BrF2N2/c1-14(2,3)12-8-19(5-4-18-12)13-10(16)6-9(15)7-11(13)17/h6-7,12,18H,4-5,8H2,1-3H3. The van der Waals surface area contributed by atoms with E-state index < -0.39 is 11.6 Å². The number of benzene rings is 1. The van der Waals surface area contributed by atoms with Gasteiger partial charge in [0.15, 0.2) is 11.6 Å². The Balaban J connectivity index is 2.27. The molecular formula is C14H19BrF2N2. The molecule has 0 aromatic heterocycles. The molecule has 0 amide bonds. The molecule has 1 aromatic rings. The van der Waals surface area contributed by atoms with Crippen LogP contribution in [0.25, 0.3) is 0 Å². The first-order valence-corrected chi connectivity index (χ1v) is 7.21. The van der Waals surface area contributed by atoms with E-state index in [9.17, 15) is 8.78 Å². The predicted octanol–water partition coefficient (Wildman–Crippen LogP) is 3.55. The monoisotopic (exact) mass is 332 g/mol. The van der Waals surface area contributed by atoms with Crippen LogP contribution in [0.4, 0.5) is 14.5 Å². The quantitative estimate of drug-likeness (QED) is 0.846. The summed E-state index contributed by atoms with van der Waals surface area (Å²) >= 11 is 3.10. The van der Waals surface area contributed by atoms with Crippen LogP contribution in [0.5, 0.6) is 0 Å². The summed E-state index contributed by atoms with van der Waals surface area (Å²) in [6.07, 6.45) is 0. The van der Waals surface area contributed by atoms with E-state index in [0.29, 0.717) is 17.6 Å². The number of halogens is 3. The maximum atomic E-state index is 14.0. The van der Waals surface area contributed by atoms with Gasteiger partial charge < -0.3 is 10.2 Å². The third-order valence-electron chi connectivity index (χ3n) is 3.52. The first-order chi connectivity index (χ1) is 8.79. The SMILES string of the molecule is CC(C)(C)C1CN(c2c(F)cc(Br)cc2F)CCN1. The Morgan fingerprint density at radius 2 is 1.84 bits per heavy atom. The highest BCUT2D eigenvalue weighted by atomic mass is 79.9. The fourth-order valence-electron chi connectivity index (χ4n) is 2.37. The minimum absolute atomic E-state index is 0.0565. The molecule has 19 heavy (non-hydrogen) atoms. The number of rotatable bonds is 1. The van der Waals surface area contributed by atoms with Gasteiger partial charge in [0.2, 0.25) is 0 Å². The van der Waals surface area contributed by atoms with Gasteiger partial charge >= 0.3 is 0 Å². The molecule has 1 heterocycles. The van der Waals surface area contributed by atoms with Gasteiger partial charge in [0.25, 0.3) is 0 Å². The molecule has 1 aromatic carbocycles. The number of nitrogens with one attached hydrogen (secondary N) is 1. The van der Waals surface area contributed by atoms with Crippen LogP contribution >= 0.6 is 15.9 Å². The van der Waals surface area contributed by atoms with Crippen LogP contribution in [-0.2, 0) is 0 Å². The van der Waals surface area contributed by atoms with Crippen LogP contribution in [0.15, 0.2) is 16.6 Å². The molecule has 0 saturated carbocycles. The van der Waals surface area contributed by atoms with Crippen LogP contribution in [-0.4, -0.2) is 25.7 Å². The van der Waals surface area contributed by atoms with E-state index in [1.54, 1.807) is 4.90 Å². The largest absolute Gasteiger partial charge is 0.364 e. The zero-order valence-electron chi connectivity index (χ0n) is 11.4. The molecule has 1 aliphatic heterocycles. The summed E-state index contributed by atoms with van der Waals surface area (Å²) in [7, 11) is 0. The van der Waals surface area contributed by atoms with Crippen molar-refractivity contribution in [2.75, 3.05) is 24.5 Å². The van der Waals surface area contributed by atoms with Gasteiger partial charge in [-0.05, 0) is 17.5 Å². The molecular weight excluding hydrogens is 314 g/mol. The maximum absolute atomic E-state index is 14.0.